The number of thiophene rings is 1. The van der Waals surface area contributed by atoms with E-state index in [2.05, 4.69) is 28.2 Å². The molecule has 1 aromatic heterocycles. The van der Waals surface area contributed by atoms with Crippen LogP contribution in [0.15, 0.2) is 0 Å². The van der Waals surface area contributed by atoms with Gasteiger partial charge in [-0.3, -0.25) is 9.69 Å². The number of imide groups is 1. The van der Waals surface area contributed by atoms with E-state index in [4.69, 9.17) is 5.73 Å². The van der Waals surface area contributed by atoms with E-state index in [1.807, 2.05) is 21.0 Å². The van der Waals surface area contributed by atoms with E-state index in [-0.39, 0.29) is 23.8 Å². The first kappa shape index (κ1) is 24.5. The fraction of sp³-hybridized carbons (Fsp3) is 0.696. The number of fused-ring (bicyclic) bond motifs is 2. The van der Waals surface area contributed by atoms with Gasteiger partial charge in [-0.05, 0) is 78.2 Å². The Bertz CT molecular complexity index is 877. The molecule has 1 aromatic rings. The van der Waals surface area contributed by atoms with Crippen molar-refractivity contribution in [1.82, 2.24) is 20.0 Å². The molecule has 0 bridgehead atoms. The third-order valence-corrected chi connectivity index (χ3v) is 7.86. The molecule has 1 fully saturated rings. The Morgan fingerprint density at radius 1 is 1.31 bits per heavy atom. The zero-order valence-corrected chi connectivity index (χ0v) is 20.5. The minimum absolute atomic E-state index is 0.0975. The SMILES string of the molecule is CCN(C(=O)NCCCCN(C)C)C(=O)[C@@H]1C[C@@H]2Cc3c(sc(N)c3C#N)C[C@H]2N(C)C1. The number of carbonyl (C=O) groups is 2. The number of nitrogens with two attached hydrogens (primary N) is 1. The standard InChI is InChI=1S/C23H36N6O2S/c1-5-29(23(31)26-8-6-7-9-27(2)3)22(30)16-10-15-11-17-18(13-24)21(25)32-20(17)12-19(15)28(4)14-16/h15-16,19H,5-12,14,25H2,1-4H3,(H,26,31)/t15-,16-,19-/m1/s1. The lowest BCUT2D eigenvalue weighted by molar-refractivity contribution is -0.135. The molecular formula is C23H36N6O2S. The molecule has 1 aliphatic heterocycles. The molecule has 1 aliphatic carbocycles. The number of nitrogens with zero attached hydrogens (tertiary/aromatic N) is 4. The van der Waals surface area contributed by atoms with E-state index in [0.717, 1.165) is 44.2 Å². The lowest BCUT2D eigenvalue weighted by Gasteiger charge is -2.45. The summed E-state index contributed by atoms with van der Waals surface area (Å²) in [4.78, 5) is 32.9. The number of urea groups is 1. The number of amides is 3. The van der Waals surface area contributed by atoms with Crippen LogP contribution in [0.1, 0.15) is 42.2 Å². The van der Waals surface area contributed by atoms with E-state index in [1.165, 1.54) is 21.1 Å². The molecule has 3 atom stereocenters. The van der Waals surface area contributed by atoms with Crippen LogP contribution in [0.5, 0.6) is 0 Å². The predicted molar refractivity (Wildman–Crippen MR) is 127 cm³/mol. The smallest absolute Gasteiger partial charge is 0.324 e. The summed E-state index contributed by atoms with van der Waals surface area (Å²) < 4.78 is 0. The summed E-state index contributed by atoms with van der Waals surface area (Å²) in [5, 5.41) is 13.0. The molecule has 8 nitrogen and oxygen atoms in total. The molecule has 176 valence electrons. The van der Waals surface area contributed by atoms with Crippen LogP contribution in [0.4, 0.5) is 9.80 Å². The van der Waals surface area contributed by atoms with Gasteiger partial charge >= 0.3 is 6.03 Å². The maximum Gasteiger partial charge on any atom is 0.324 e. The summed E-state index contributed by atoms with van der Waals surface area (Å²) in [6, 6.07) is 2.31. The normalized spacial score (nSPS) is 22.7. The summed E-state index contributed by atoms with van der Waals surface area (Å²) in [7, 11) is 6.12. The number of likely N-dealkylation sites (tertiary alicyclic amines) is 1. The number of rotatable bonds is 7. The van der Waals surface area contributed by atoms with Crippen LogP contribution in [-0.4, -0.2) is 80.0 Å². The van der Waals surface area contributed by atoms with Crippen molar-refractivity contribution in [3.05, 3.63) is 16.0 Å². The number of hydrogen-bond acceptors (Lipinski definition) is 7. The second-order valence-electron chi connectivity index (χ2n) is 9.29. The first-order valence-corrected chi connectivity index (χ1v) is 12.3. The summed E-state index contributed by atoms with van der Waals surface area (Å²) in [5.74, 6) is -0.0346. The van der Waals surface area contributed by atoms with Crippen LogP contribution in [-0.2, 0) is 17.6 Å². The molecule has 2 heterocycles. The molecule has 2 aliphatic rings. The molecule has 3 N–H and O–H groups in total. The first-order chi connectivity index (χ1) is 15.3. The van der Waals surface area contributed by atoms with Crippen LogP contribution >= 0.6 is 11.3 Å². The summed E-state index contributed by atoms with van der Waals surface area (Å²) in [6.45, 7) is 4.41. The summed E-state index contributed by atoms with van der Waals surface area (Å²) in [5.41, 5.74) is 7.75. The lowest BCUT2D eigenvalue weighted by atomic mass is 9.74. The Balaban J connectivity index is 1.62. The zero-order chi connectivity index (χ0) is 23.4. The first-order valence-electron chi connectivity index (χ1n) is 11.5. The average Bonchev–Trinajstić information content (AvgIpc) is 3.06. The Labute approximate surface area is 195 Å². The van der Waals surface area contributed by atoms with Crippen LogP contribution in [0, 0.1) is 23.2 Å². The number of likely N-dealkylation sites (N-methyl/N-ethyl adjacent to an activating group) is 1. The number of anilines is 1. The molecule has 3 amide bonds. The number of nitrogens with one attached hydrogen (secondary N) is 1. The number of piperidine rings is 1. The summed E-state index contributed by atoms with van der Waals surface area (Å²) >= 11 is 1.53. The quantitative estimate of drug-likeness (QED) is 0.604. The van der Waals surface area contributed by atoms with Gasteiger partial charge in [0.05, 0.1) is 11.5 Å². The highest BCUT2D eigenvalue weighted by atomic mass is 32.1. The molecule has 0 unspecified atom stereocenters. The van der Waals surface area contributed by atoms with E-state index >= 15 is 0 Å². The lowest BCUT2D eigenvalue weighted by Crippen LogP contribution is -2.55. The molecule has 0 aromatic carbocycles. The molecule has 0 spiro atoms. The van der Waals surface area contributed by atoms with Crippen molar-refractivity contribution in [3.63, 3.8) is 0 Å². The van der Waals surface area contributed by atoms with Gasteiger partial charge in [0, 0.05) is 30.6 Å². The van der Waals surface area contributed by atoms with E-state index in [9.17, 15) is 14.9 Å². The van der Waals surface area contributed by atoms with Crippen LogP contribution in [0.25, 0.3) is 0 Å². The second-order valence-corrected chi connectivity index (χ2v) is 10.4. The minimum Gasteiger partial charge on any atom is -0.389 e. The molecule has 0 radical (unpaired) electrons. The van der Waals surface area contributed by atoms with E-state index in [1.54, 1.807) is 0 Å². The van der Waals surface area contributed by atoms with Crippen molar-refractivity contribution >= 4 is 28.3 Å². The highest BCUT2D eigenvalue weighted by Gasteiger charge is 2.42. The molecular weight excluding hydrogens is 424 g/mol. The van der Waals surface area contributed by atoms with Gasteiger partial charge < -0.3 is 20.9 Å². The van der Waals surface area contributed by atoms with E-state index < -0.39 is 0 Å². The van der Waals surface area contributed by atoms with Crippen LogP contribution < -0.4 is 11.1 Å². The van der Waals surface area contributed by atoms with E-state index in [0.29, 0.717) is 36.2 Å². The largest absolute Gasteiger partial charge is 0.389 e. The number of carbonyl (C=O) groups excluding carboxylic acids is 2. The number of nitriles is 1. The van der Waals surface area contributed by atoms with Crippen molar-refractivity contribution in [2.75, 3.05) is 53.1 Å². The Morgan fingerprint density at radius 3 is 2.72 bits per heavy atom. The van der Waals surface area contributed by atoms with Crippen LogP contribution in [0.2, 0.25) is 0 Å². The van der Waals surface area contributed by atoms with Crippen molar-refractivity contribution in [1.29, 1.82) is 5.26 Å². The summed E-state index contributed by atoms with van der Waals surface area (Å²) in [6.07, 6.45) is 4.27. The van der Waals surface area contributed by atoms with Crippen molar-refractivity contribution in [3.8, 4) is 6.07 Å². The Kier molecular flexibility index (Phi) is 8.15. The molecule has 0 saturated carbocycles. The highest BCUT2D eigenvalue weighted by Crippen LogP contribution is 2.42. The van der Waals surface area contributed by atoms with Crippen molar-refractivity contribution < 1.29 is 9.59 Å². The van der Waals surface area contributed by atoms with Gasteiger partial charge in [0.2, 0.25) is 5.91 Å². The maximum absolute atomic E-state index is 13.3. The van der Waals surface area contributed by atoms with Gasteiger partial charge in [-0.2, -0.15) is 5.26 Å². The highest BCUT2D eigenvalue weighted by molar-refractivity contribution is 7.16. The Morgan fingerprint density at radius 2 is 2.06 bits per heavy atom. The predicted octanol–water partition coefficient (Wildman–Crippen LogP) is 2.14. The third-order valence-electron chi connectivity index (χ3n) is 6.78. The molecule has 9 heteroatoms. The Hall–Kier alpha value is -2.15. The van der Waals surface area contributed by atoms with Gasteiger partial charge in [-0.25, -0.2) is 4.79 Å². The van der Waals surface area contributed by atoms with Gasteiger partial charge in [0.1, 0.15) is 11.1 Å². The minimum atomic E-state index is -0.296. The van der Waals surface area contributed by atoms with Gasteiger partial charge in [-0.15, -0.1) is 11.3 Å². The molecule has 3 rings (SSSR count). The number of unbranched alkanes of at least 4 members (excludes halogenated alkanes) is 1. The van der Waals surface area contributed by atoms with Crippen molar-refractivity contribution in [2.45, 2.75) is 45.1 Å². The number of nitrogen functional groups attached to an aromatic ring is 1. The molecule has 1 saturated heterocycles. The van der Waals surface area contributed by atoms with Crippen LogP contribution in [0.3, 0.4) is 0 Å². The second kappa shape index (κ2) is 10.6. The fourth-order valence-corrected chi connectivity index (χ4v) is 6.21. The monoisotopic (exact) mass is 460 g/mol. The van der Waals surface area contributed by atoms with Gasteiger partial charge in [0.25, 0.3) is 0 Å². The average molecular weight is 461 g/mol. The fourth-order valence-electron chi connectivity index (χ4n) is 5.11. The topological polar surface area (TPSA) is 106 Å². The van der Waals surface area contributed by atoms with Crippen molar-refractivity contribution in [2.24, 2.45) is 11.8 Å². The molecule has 32 heavy (non-hydrogen) atoms. The van der Waals surface area contributed by atoms with Gasteiger partial charge in [0.15, 0.2) is 0 Å². The maximum atomic E-state index is 13.3. The number of hydrogen-bond donors (Lipinski definition) is 2. The third kappa shape index (κ3) is 5.25. The zero-order valence-electron chi connectivity index (χ0n) is 19.7. The van der Waals surface area contributed by atoms with Gasteiger partial charge in [-0.1, -0.05) is 0 Å².